The molecule has 0 bridgehead atoms. The molecule has 1 aromatic heterocycles. The highest BCUT2D eigenvalue weighted by Crippen LogP contribution is 2.23. The summed E-state index contributed by atoms with van der Waals surface area (Å²) in [7, 11) is 2.78. The molecule has 3 aromatic rings. The van der Waals surface area contributed by atoms with E-state index >= 15 is 0 Å². The average Bonchev–Trinajstić information content (AvgIpc) is 2.88. The Labute approximate surface area is 128 Å². The van der Waals surface area contributed by atoms with E-state index in [-0.39, 0.29) is 0 Å². The summed E-state index contributed by atoms with van der Waals surface area (Å²) in [6.45, 7) is 0. The van der Waals surface area contributed by atoms with Gasteiger partial charge >= 0.3 is 0 Å². The van der Waals surface area contributed by atoms with Gasteiger partial charge in [-0.3, -0.25) is 0 Å². The number of rotatable bonds is 3. The summed E-state index contributed by atoms with van der Waals surface area (Å²) in [4.78, 5) is 4.43. The van der Waals surface area contributed by atoms with Crippen LogP contribution in [0.5, 0.6) is 11.5 Å². The minimum Gasteiger partial charge on any atom is -0.457 e. The molecule has 0 radical (unpaired) electrons. The van der Waals surface area contributed by atoms with Crippen molar-refractivity contribution in [2.45, 2.75) is 0 Å². The van der Waals surface area contributed by atoms with Gasteiger partial charge in [-0.15, -0.1) is 0 Å². The van der Waals surface area contributed by atoms with Gasteiger partial charge in [-0.25, -0.2) is 4.99 Å². The zero-order valence-corrected chi connectivity index (χ0v) is 12.6. The van der Waals surface area contributed by atoms with Crippen LogP contribution in [0.2, 0.25) is 5.15 Å². The second-order valence-electron chi connectivity index (χ2n) is 3.87. The van der Waals surface area contributed by atoms with Crippen LogP contribution >= 0.6 is 32.5 Å². The Balaban J connectivity index is 1.80. The molecule has 0 spiro atoms. The molecule has 0 N–H and O–H groups in total. The van der Waals surface area contributed by atoms with Crippen molar-refractivity contribution in [2.24, 2.45) is 4.99 Å². The van der Waals surface area contributed by atoms with Crippen LogP contribution in [0, 0.1) is 0 Å². The van der Waals surface area contributed by atoms with Gasteiger partial charge in [-0.1, -0.05) is 29.8 Å². The first-order valence-corrected chi connectivity index (χ1v) is 8.29. The molecular formula is C14H9ClN2OS2. The highest BCUT2D eigenvalue weighted by molar-refractivity contribution is 7.66. The van der Waals surface area contributed by atoms with Crippen molar-refractivity contribution in [2.75, 3.05) is 0 Å². The van der Waals surface area contributed by atoms with Crippen LogP contribution < -0.4 is 9.41 Å². The summed E-state index contributed by atoms with van der Waals surface area (Å²) < 4.78 is 10.4. The first kappa shape index (κ1) is 13.3. The van der Waals surface area contributed by atoms with E-state index in [0.29, 0.717) is 5.15 Å². The minimum atomic E-state index is 0.449. The fraction of sp³-hybridized carbons (Fsp3) is 0. The SMILES string of the molecule is Clc1nss/c1=N\c1ccc(Oc2ccccc2)cc1. The predicted molar refractivity (Wildman–Crippen MR) is 83.2 cm³/mol. The Kier molecular flexibility index (Phi) is 4.11. The number of aromatic nitrogens is 1. The van der Waals surface area contributed by atoms with Crippen molar-refractivity contribution in [3.8, 4) is 11.5 Å². The van der Waals surface area contributed by atoms with Crippen LogP contribution in [0.1, 0.15) is 0 Å². The molecule has 0 aliphatic heterocycles. The van der Waals surface area contributed by atoms with E-state index in [1.165, 1.54) is 20.9 Å². The second-order valence-corrected chi connectivity index (χ2v) is 6.06. The van der Waals surface area contributed by atoms with Crippen molar-refractivity contribution in [3.05, 3.63) is 64.4 Å². The molecule has 0 aliphatic rings. The Bertz CT molecular complexity index is 751. The molecule has 3 nitrogen and oxygen atoms in total. The van der Waals surface area contributed by atoms with Gasteiger partial charge in [0.05, 0.1) is 5.69 Å². The van der Waals surface area contributed by atoms with Crippen molar-refractivity contribution < 1.29 is 4.74 Å². The average molecular weight is 321 g/mol. The Morgan fingerprint density at radius 1 is 0.950 bits per heavy atom. The number of para-hydroxylation sites is 1. The molecule has 0 fully saturated rings. The third-order valence-electron chi connectivity index (χ3n) is 2.46. The zero-order chi connectivity index (χ0) is 13.8. The monoisotopic (exact) mass is 320 g/mol. The summed E-state index contributed by atoms with van der Waals surface area (Å²) in [5.74, 6) is 1.58. The topological polar surface area (TPSA) is 34.5 Å². The maximum absolute atomic E-state index is 5.92. The maximum atomic E-state index is 5.92. The molecule has 6 heteroatoms. The van der Waals surface area contributed by atoms with E-state index < -0.39 is 0 Å². The molecule has 0 unspecified atom stereocenters. The normalized spacial score (nSPS) is 11.6. The van der Waals surface area contributed by atoms with Crippen LogP contribution in [0.3, 0.4) is 0 Å². The number of hydrogen-bond donors (Lipinski definition) is 0. The van der Waals surface area contributed by atoms with Gasteiger partial charge in [-0.2, -0.15) is 4.37 Å². The second kappa shape index (κ2) is 6.17. The Morgan fingerprint density at radius 3 is 2.30 bits per heavy atom. The molecule has 1 heterocycles. The lowest BCUT2D eigenvalue weighted by Gasteiger charge is -2.04. The highest BCUT2D eigenvalue weighted by Gasteiger charge is 1.99. The highest BCUT2D eigenvalue weighted by atomic mass is 35.5. The number of hydrogen-bond acceptors (Lipinski definition) is 5. The van der Waals surface area contributed by atoms with Gasteiger partial charge in [0.25, 0.3) is 0 Å². The molecule has 3 rings (SSSR count). The number of ether oxygens (including phenoxy) is 1. The van der Waals surface area contributed by atoms with E-state index in [0.717, 1.165) is 21.9 Å². The van der Waals surface area contributed by atoms with Crippen LogP contribution in [0.15, 0.2) is 59.6 Å². The third kappa shape index (κ3) is 3.25. The van der Waals surface area contributed by atoms with Gasteiger partial charge in [0, 0.05) is 10.5 Å². The smallest absolute Gasteiger partial charge is 0.179 e. The summed E-state index contributed by atoms with van der Waals surface area (Å²) in [6, 6.07) is 17.2. The standard InChI is InChI=1S/C14H9ClN2OS2/c15-13-14(19-20-17-13)16-10-6-8-12(9-7-10)18-11-4-2-1-3-5-11/h1-9H/b16-14-. The van der Waals surface area contributed by atoms with Crippen LogP contribution in [0.4, 0.5) is 5.69 Å². The van der Waals surface area contributed by atoms with E-state index in [1.54, 1.807) is 0 Å². The van der Waals surface area contributed by atoms with E-state index in [2.05, 4.69) is 9.37 Å². The summed E-state index contributed by atoms with van der Waals surface area (Å²) in [6.07, 6.45) is 0. The zero-order valence-electron chi connectivity index (χ0n) is 10.2. The molecule has 100 valence electrons. The van der Waals surface area contributed by atoms with Crippen molar-refractivity contribution >= 4 is 38.2 Å². The maximum Gasteiger partial charge on any atom is 0.179 e. The lowest BCUT2D eigenvalue weighted by molar-refractivity contribution is 0.483. The lowest BCUT2D eigenvalue weighted by atomic mass is 10.3. The largest absolute Gasteiger partial charge is 0.457 e. The van der Waals surface area contributed by atoms with Crippen LogP contribution in [-0.2, 0) is 0 Å². The molecule has 0 saturated carbocycles. The third-order valence-corrected chi connectivity index (χ3v) is 4.63. The summed E-state index contributed by atoms with van der Waals surface area (Å²) in [5, 5.41) is 0.449. The minimum absolute atomic E-state index is 0.449. The molecular weight excluding hydrogens is 312 g/mol. The van der Waals surface area contributed by atoms with Crippen molar-refractivity contribution in [3.63, 3.8) is 0 Å². The quantitative estimate of drug-likeness (QED) is 0.644. The first-order chi connectivity index (χ1) is 9.81. The van der Waals surface area contributed by atoms with E-state index in [9.17, 15) is 0 Å². The fourth-order valence-electron chi connectivity index (χ4n) is 1.56. The number of nitrogens with zero attached hydrogens (tertiary/aromatic N) is 2. The molecule has 20 heavy (non-hydrogen) atoms. The van der Waals surface area contributed by atoms with Crippen LogP contribution in [-0.4, -0.2) is 4.37 Å². The van der Waals surface area contributed by atoms with Gasteiger partial charge in [0.2, 0.25) is 0 Å². The first-order valence-electron chi connectivity index (χ1n) is 5.80. The van der Waals surface area contributed by atoms with Gasteiger partial charge in [-0.05, 0) is 46.7 Å². The Morgan fingerprint density at radius 2 is 1.65 bits per heavy atom. The predicted octanol–water partition coefficient (Wildman–Crippen LogP) is 4.88. The lowest BCUT2D eigenvalue weighted by Crippen LogP contribution is -1.92. The Hall–Kier alpha value is -1.69. The van der Waals surface area contributed by atoms with Gasteiger partial charge in [0.15, 0.2) is 9.82 Å². The summed E-state index contributed by atoms with van der Waals surface area (Å²) >= 11 is 5.92. The number of halogens is 1. The molecule has 2 aromatic carbocycles. The van der Waals surface area contributed by atoms with E-state index in [1.807, 2.05) is 54.6 Å². The van der Waals surface area contributed by atoms with Crippen molar-refractivity contribution in [1.82, 2.24) is 4.37 Å². The van der Waals surface area contributed by atoms with Crippen LogP contribution in [0.25, 0.3) is 0 Å². The fourth-order valence-corrected chi connectivity index (χ4v) is 3.55. The van der Waals surface area contributed by atoms with Crippen molar-refractivity contribution in [1.29, 1.82) is 0 Å². The molecule has 0 amide bonds. The molecule has 0 atom stereocenters. The van der Waals surface area contributed by atoms with E-state index in [4.69, 9.17) is 16.3 Å². The van der Waals surface area contributed by atoms with Gasteiger partial charge < -0.3 is 4.74 Å². The molecule has 0 saturated heterocycles. The summed E-state index contributed by atoms with van der Waals surface area (Å²) in [5.41, 5.74) is 0.823. The van der Waals surface area contributed by atoms with Gasteiger partial charge in [0.1, 0.15) is 11.5 Å². The number of benzene rings is 2. The molecule has 0 aliphatic carbocycles.